The molecule has 0 aliphatic heterocycles. The molecule has 3 aromatic carbocycles. The first-order chi connectivity index (χ1) is 16.3. The van der Waals surface area contributed by atoms with E-state index in [-0.39, 0.29) is 5.41 Å². The second kappa shape index (κ2) is 7.54. The first kappa shape index (κ1) is 21.1. The average Bonchev–Trinajstić information content (AvgIpc) is 3.37. The number of nitrogens with zero attached hydrogens (tertiary/aromatic N) is 1. The lowest BCUT2D eigenvalue weighted by Gasteiger charge is -2.22. The molecule has 0 unspecified atom stereocenters. The van der Waals surface area contributed by atoms with Gasteiger partial charge in [-0.05, 0) is 76.4 Å². The van der Waals surface area contributed by atoms with Gasteiger partial charge < -0.3 is 4.42 Å². The van der Waals surface area contributed by atoms with Gasteiger partial charge in [0.2, 0.25) is 0 Å². The van der Waals surface area contributed by atoms with E-state index in [9.17, 15) is 0 Å². The zero-order valence-electron chi connectivity index (χ0n) is 20.2. The number of rotatable bonds is 2. The molecule has 3 aromatic heterocycles. The molecule has 0 radical (unpaired) electrons. The lowest BCUT2D eigenvalue weighted by atomic mass is 9.82. The highest BCUT2D eigenvalue weighted by Crippen LogP contribution is 2.45. The SMILES string of the molecule is Cc1coc2c(-c3sc4c(-c5cc(C(C)(C)C)c6ccccc6c5)nccc4c3C)cccc12. The predicted octanol–water partition coefficient (Wildman–Crippen LogP) is 9.44. The van der Waals surface area contributed by atoms with Crippen LogP contribution in [0.5, 0.6) is 0 Å². The van der Waals surface area contributed by atoms with Crippen molar-refractivity contribution < 1.29 is 4.42 Å². The number of fused-ring (bicyclic) bond motifs is 3. The Balaban J connectivity index is 1.63. The smallest absolute Gasteiger partial charge is 0.142 e. The molecule has 168 valence electrons. The molecule has 0 saturated heterocycles. The van der Waals surface area contributed by atoms with Crippen molar-refractivity contribution in [2.24, 2.45) is 0 Å². The van der Waals surface area contributed by atoms with Crippen molar-refractivity contribution in [3.05, 3.63) is 89.8 Å². The Kier molecular flexibility index (Phi) is 4.69. The summed E-state index contributed by atoms with van der Waals surface area (Å²) in [6.45, 7) is 11.2. The summed E-state index contributed by atoms with van der Waals surface area (Å²) in [5, 5.41) is 5.01. The van der Waals surface area contributed by atoms with Gasteiger partial charge in [0.25, 0.3) is 0 Å². The van der Waals surface area contributed by atoms with Crippen LogP contribution < -0.4 is 0 Å². The second-order valence-corrected chi connectivity index (χ2v) is 11.2. The van der Waals surface area contributed by atoms with Crippen LogP contribution in [0.25, 0.3) is 53.5 Å². The third kappa shape index (κ3) is 3.19. The monoisotopic (exact) mass is 461 g/mol. The average molecular weight is 462 g/mol. The molecule has 6 rings (SSSR count). The number of aryl methyl sites for hydroxylation is 2. The molecule has 3 heterocycles. The van der Waals surface area contributed by atoms with Crippen LogP contribution in [-0.2, 0) is 5.41 Å². The number of benzene rings is 3. The zero-order chi connectivity index (χ0) is 23.6. The predicted molar refractivity (Wildman–Crippen MR) is 146 cm³/mol. The van der Waals surface area contributed by atoms with Gasteiger partial charge in [-0.25, -0.2) is 0 Å². The molecule has 0 aliphatic rings. The molecule has 3 heteroatoms. The van der Waals surface area contributed by atoms with E-state index < -0.39 is 0 Å². The molecule has 0 bridgehead atoms. The number of aromatic nitrogens is 1. The minimum absolute atomic E-state index is 0.0346. The number of furan rings is 1. The van der Waals surface area contributed by atoms with E-state index in [4.69, 9.17) is 9.40 Å². The molecule has 2 nitrogen and oxygen atoms in total. The fourth-order valence-electron chi connectivity index (χ4n) is 5.04. The molecular weight excluding hydrogens is 434 g/mol. The van der Waals surface area contributed by atoms with Crippen LogP contribution in [0.2, 0.25) is 0 Å². The van der Waals surface area contributed by atoms with Crippen molar-refractivity contribution in [3.63, 3.8) is 0 Å². The Morgan fingerprint density at radius 3 is 2.47 bits per heavy atom. The normalized spacial score (nSPS) is 12.3. The van der Waals surface area contributed by atoms with Gasteiger partial charge in [0.1, 0.15) is 5.58 Å². The van der Waals surface area contributed by atoms with Gasteiger partial charge in [0, 0.05) is 27.6 Å². The van der Waals surface area contributed by atoms with Crippen LogP contribution >= 0.6 is 11.3 Å². The number of pyridine rings is 1. The molecule has 0 atom stereocenters. The first-order valence-corrected chi connectivity index (χ1v) is 12.5. The summed E-state index contributed by atoms with van der Waals surface area (Å²) in [5.41, 5.74) is 8.18. The van der Waals surface area contributed by atoms with Gasteiger partial charge in [-0.3, -0.25) is 4.98 Å². The van der Waals surface area contributed by atoms with E-state index in [1.54, 1.807) is 0 Å². The summed E-state index contributed by atoms with van der Waals surface area (Å²) in [7, 11) is 0. The molecule has 0 N–H and O–H groups in total. The van der Waals surface area contributed by atoms with Crippen LogP contribution in [0.4, 0.5) is 0 Å². The van der Waals surface area contributed by atoms with Crippen LogP contribution in [0.15, 0.2) is 77.5 Å². The van der Waals surface area contributed by atoms with Gasteiger partial charge in [-0.2, -0.15) is 0 Å². The van der Waals surface area contributed by atoms with Crippen LogP contribution in [0.3, 0.4) is 0 Å². The van der Waals surface area contributed by atoms with Crippen molar-refractivity contribution >= 4 is 43.2 Å². The van der Waals surface area contributed by atoms with Gasteiger partial charge in [0.05, 0.1) is 16.7 Å². The fraction of sp³-hybridized carbons (Fsp3) is 0.194. The Hall–Kier alpha value is -3.43. The van der Waals surface area contributed by atoms with Crippen LogP contribution in [-0.4, -0.2) is 4.98 Å². The largest absolute Gasteiger partial charge is 0.463 e. The van der Waals surface area contributed by atoms with Crippen molar-refractivity contribution in [2.45, 2.75) is 40.0 Å². The second-order valence-electron chi connectivity index (χ2n) is 10.2. The van der Waals surface area contributed by atoms with Gasteiger partial charge >= 0.3 is 0 Å². The first-order valence-electron chi connectivity index (χ1n) is 11.7. The summed E-state index contributed by atoms with van der Waals surface area (Å²) in [6.07, 6.45) is 3.80. The summed E-state index contributed by atoms with van der Waals surface area (Å²) in [6, 6.07) is 21.9. The maximum Gasteiger partial charge on any atom is 0.142 e. The molecule has 0 saturated carbocycles. The highest BCUT2D eigenvalue weighted by Gasteiger charge is 2.21. The summed E-state index contributed by atoms with van der Waals surface area (Å²) in [5.74, 6) is 0. The van der Waals surface area contributed by atoms with Gasteiger partial charge in [-0.15, -0.1) is 11.3 Å². The topological polar surface area (TPSA) is 26.0 Å². The van der Waals surface area contributed by atoms with E-state index >= 15 is 0 Å². The maximum absolute atomic E-state index is 5.99. The van der Waals surface area contributed by atoms with Gasteiger partial charge in [-0.1, -0.05) is 57.2 Å². The van der Waals surface area contributed by atoms with Crippen molar-refractivity contribution in [2.75, 3.05) is 0 Å². The third-order valence-corrected chi connectivity index (χ3v) is 8.18. The highest BCUT2D eigenvalue weighted by molar-refractivity contribution is 7.23. The molecule has 0 spiro atoms. The minimum atomic E-state index is 0.0346. The Bertz CT molecular complexity index is 1710. The summed E-state index contributed by atoms with van der Waals surface area (Å²) in [4.78, 5) is 6.16. The molecule has 0 fully saturated rings. The van der Waals surface area contributed by atoms with E-state index in [2.05, 4.69) is 95.3 Å². The zero-order valence-corrected chi connectivity index (χ0v) is 21.0. The summed E-state index contributed by atoms with van der Waals surface area (Å²) < 4.78 is 7.22. The molecule has 34 heavy (non-hydrogen) atoms. The van der Waals surface area contributed by atoms with E-state index in [0.717, 1.165) is 16.8 Å². The molecule has 6 aromatic rings. The number of para-hydroxylation sites is 1. The van der Waals surface area contributed by atoms with Crippen molar-refractivity contribution in [1.29, 1.82) is 0 Å². The fourth-order valence-corrected chi connectivity index (χ4v) is 6.38. The van der Waals surface area contributed by atoms with Crippen LogP contribution in [0, 0.1) is 13.8 Å². The Morgan fingerprint density at radius 2 is 1.65 bits per heavy atom. The highest BCUT2D eigenvalue weighted by atomic mass is 32.1. The van der Waals surface area contributed by atoms with Crippen molar-refractivity contribution in [1.82, 2.24) is 4.98 Å². The standard InChI is InChI=1S/C31H27NOS/c1-18-17-33-28-22(18)11-8-12-25(28)29-19(2)23-13-14-32-27(30(23)34-29)21-15-20-9-6-7-10-24(20)26(16-21)31(3,4)5/h6-17H,1-5H3. The number of hydrogen-bond donors (Lipinski definition) is 0. The third-order valence-electron chi connectivity index (χ3n) is 6.83. The Labute approximate surface area is 203 Å². The van der Waals surface area contributed by atoms with Gasteiger partial charge in [0.15, 0.2) is 0 Å². The lowest BCUT2D eigenvalue weighted by Crippen LogP contribution is -2.12. The van der Waals surface area contributed by atoms with E-state index in [1.807, 2.05) is 23.8 Å². The van der Waals surface area contributed by atoms with E-state index in [0.29, 0.717) is 0 Å². The quantitative estimate of drug-likeness (QED) is 0.257. The maximum atomic E-state index is 5.99. The van der Waals surface area contributed by atoms with Crippen LogP contribution in [0.1, 0.15) is 37.5 Å². The number of thiophene rings is 1. The molecular formula is C31H27NOS. The number of hydrogen-bond acceptors (Lipinski definition) is 3. The Morgan fingerprint density at radius 1 is 0.853 bits per heavy atom. The molecule has 0 aliphatic carbocycles. The summed E-state index contributed by atoms with van der Waals surface area (Å²) >= 11 is 1.82. The van der Waals surface area contributed by atoms with Crippen molar-refractivity contribution in [3.8, 4) is 21.7 Å². The van der Waals surface area contributed by atoms with E-state index in [1.165, 1.54) is 53.4 Å². The minimum Gasteiger partial charge on any atom is -0.463 e. The lowest BCUT2D eigenvalue weighted by molar-refractivity contribution is 0.596. The molecule has 0 amide bonds.